The molecule has 10 heteroatoms. The van der Waals surface area contributed by atoms with E-state index in [1.54, 1.807) is 19.2 Å². The molecule has 0 amide bonds. The van der Waals surface area contributed by atoms with Crippen molar-refractivity contribution in [2.24, 2.45) is 5.92 Å². The number of aliphatic carboxylic acids is 1. The van der Waals surface area contributed by atoms with Crippen molar-refractivity contribution in [1.29, 1.82) is 5.41 Å². The number of rotatable bonds is 11. The first-order valence-corrected chi connectivity index (χ1v) is 13.9. The van der Waals surface area contributed by atoms with Crippen LogP contribution in [-0.2, 0) is 19.7 Å². The molecule has 2 heterocycles. The van der Waals surface area contributed by atoms with Gasteiger partial charge in [0.05, 0.1) is 18.3 Å². The summed E-state index contributed by atoms with van der Waals surface area (Å²) in [5.74, 6) is -0.509. The van der Waals surface area contributed by atoms with Gasteiger partial charge < -0.3 is 29.5 Å². The highest BCUT2D eigenvalue weighted by molar-refractivity contribution is 8.93. The van der Waals surface area contributed by atoms with Crippen LogP contribution in [0.2, 0.25) is 0 Å². The Labute approximate surface area is 252 Å². The number of anilines is 1. The quantitative estimate of drug-likeness (QED) is 0.301. The zero-order valence-corrected chi connectivity index (χ0v) is 26.0. The number of aromatic hydroxyl groups is 1. The fourth-order valence-corrected chi connectivity index (χ4v) is 5.80. The number of nitrogens with zero attached hydrogens (tertiary/aromatic N) is 2. The molecule has 224 valence electrons. The molecule has 41 heavy (non-hydrogen) atoms. The number of ether oxygens (including phenoxy) is 2. The van der Waals surface area contributed by atoms with Crippen molar-refractivity contribution in [1.82, 2.24) is 4.90 Å². The molecule has 0 aromatic heterocycles. The van der Waals surface area contributed by atoms with E-state index in [0.717, 1.165) is 12.0 Å². The van der Waals surface area contributed by atoms with Gasteiger partial charge in [-0.3, -0.25) is 10.2 Å². The van der Waals surface area contributed by atoms with Crippen molar-refractivity contribution in [3.05, 3.63) is 59.2 Å². The number of carbonyl (C=O) groups excluding carboxylic acids is 1. The van der Waals surface area contributed by atoms with E-state index in [1.807, 2.05) is 60.9 Å². The molecule has 0 bridgehead atoms. The smallest absolute Gasteiger partial charge is 0.329 e. The van der Waals surface area contributed by atoms with Gasteiger partial charge >= 0.3 is 5.97 Å². The molecule has 0 saturated carbocycles. The normalized spacial score (nSPS) is 20.8. The Balaban J connectivity index is 0.00000462. The summed E-state index contributed by atoms with van der Waals surface area (Å²) >= 11 is 0. The highest BCUT2D eigenvalue weighted by Gasteiger charge is 2.39. The lowest BCUT2D eigenvalue weighted by Gasteiger charge is -2.27. The van der Waals surface area contributed by atoms with Gasteiger partial charge in [-0.1, -0.05) is 51.1 Å². The molecule has 0 aliphatic carbocycles. The first kappa shape index (κ1) is 32.6. The molecule has 2 aliphatic heterocycles. The molecular weight excluding hydrogens is 590 g/mol. The van der Waals surface area contributed by atoms with Gasteiger partial charge in [-0.25, -0.2) is 4.79 Å². The zero-order chi connectivity index (χ0) is 29.0. The predicted octanol–water partition coefficient (Wildman–Crippen LogP) is 4.86. The summed E-state index contributed by atoms with van der Waals surface area (Å²) in [6.07, 6.45) is 1.16. The number of Topliss-reactive ketones (excluding diaryl/α,β-unsaturated/α-hetero) is 1. The van der Waals surface area contributed by atoms with E-state index in [1.165, 1.54) is 0 Å². The summed E-state index contributed by atoms with van der Waals surface area (Å²) in [5, 5.41) is 29.2. The van der Waals surface area contributed by atoms with Crippen LogP contribution in [0.3, 0.4) is 0 Å². The lowest BCUT2D eigenvalue weighted by atomic mass is 9.84. The van der Waals surface area contributed by atoms with E-state index >= 15 is 0 Å². The zero-order valence-electron chi connectivity index (χ0n) is 24.3. The van der Waals surface area contributed by atoms with Crippen LogP contribution < -0.4 is 4.90 Å². The Morgan fingerprint density at radius 2 is 1.83 bits per heavy atom. The second kappa shape index (κ2) is 13.8. The number of carboxylic acids is 1. The average Bonchev–Trinajstić information content (AvgIpc) is 3.50. The van der Waals surface area contributed by atoms with Crippen molar-refractivity contribution in [3.63, 3.8) is 0 Å². The minimum absolute atomic E-state index is 0. The molecule has 2 aromatic carbocycles. The molecule has 9 nitrogen and oxygen atoms in total. The number of phenolic OH excluding ortho intramolecular Hbond substituents is 1. The number of phenols is 1. The minimum atomic E-state index is -1.02. The van der Waals surface area contributed by atoms with Crippen molar-refractivity contribution in [2.75, 3.05) is 51.4 Å². The van der Waals surface area contributed by atoms with Crippen molar-refractivity contribution >= 4 is 40.3 Å². The molecule has 2 fully saturated rings. The van der Waals surface area contributed by atoms with Gasteiger partial charge in [-0.2, -0.15) is 0 Å². The maximum Gasteiger partial charge on any atom is 0.329 e. The van der Waals surface area contributed by atoms with Gasteiger partial charge in [0, 0.05) is 50.4 Å². The second-order valence-electron chi connectivity index (χ2n) is 11.8. The summed E-state index contributed by atoms with van der Waals surface area (Å²) < 4.78 is 10.8. The Hall–Kier alpha value is -2.95. The van der Waals surface area contributed by atoms with Crippen LogP contribution in [0, 0.1) is 11.3 Å². The number of benzene rings is 2. The predicted molar refractivity (Wildman–Crippen MR) is 164 cm³/mol. The highest BCUT2D eigenvalue weighted by atomic mass is 79.9. The Morgan fingerprint density at radius 1 is 1.12 bits per heavy atom. The van der Waals surface area contributed by atoms with Crippen molar-refractivity contribution < 1.29 is 29.3 Å². The van der Waals surface area contributed by atoms with Gasteiger partial charge in [0.1, 0.15) is 18.2 Å². The highest BCUT2D eigenvalue weighted by Crippen LogP contribution is 2.41. The van der Waals surface area contributed by atoms with E-state index in [-0.39, 0.29) is 59.6 Å². The van der Waals surface area contributed by atoms with Crippen LogP contribution in [0.25, 0.3) is 0 Å². The molecular formula is C31H42BrN3O6. The van der Waals surface area contributed by atoms with Crippen molar-refractivity contribution in [3.8, 4) is 5.75 Å². The van der Waals surface area contributed by atoms with Gasteiger partial charge in [0.15, 0.2) is 5.78 Å². The van der Waals surface area contributed by atoms with E-state index in [9.17, 15) is 14.7 Å². The van der Waals surface area contributed by atoms with Crippen LogP contribution in [0.4, 0.5) is 5.69 Å². The molecule has 3 atom stereocenters. The molecule has 0 spiro atoms. The third-order valence-corrected chi connectivity index (χ3v) is 7.90. The summed E-state index contributed by atoms with van der Waals surface area (Å²) in [6.45, 7) is 7.87. The maximum atomic E-state index is 13.8. The molecule has 3 N–H and O–H groups in total. The van der Waals surface area contributed by atoms with E-state index in [0.29, 0.717) is 55.3 Å². The number of likely N-dealkylation sites (tertiary alicyclic amines) is 1. The molecule has 4 rings (SSSR count). The van der Waals surface area contributed by atoms with Gasteiger partial charge in [-0.15, -0.1) is 17.0 Å². The first-order valence-electron chi connectivity index (χ1n) is 13.9. The fraction of sp³-hybridized carbons (Fsp3) is 0.516. The van der Waals surface area contributed by atoms with Gasteiger partial charge in [-0.05, 0) is 41.9 Å². The number of carbonyl (C=O) groups is 2. The fourth-order valence-electron chi connectivity index (χ4n) is 5.80. The number of methoxy groups -OCH3 is 1. The van der Waals surface area contributed by atoms with Gasteiger partial charge in [0.25, 0.3) is 0 Å². The van der Waals surface area contributed by atoms with Crippen LogP contribution in [0.15, 0.2) is 42.5 Å². The second-order valence-corrected chi connectivity index (χ2v) is 11.8. The largest absolute Gasteiger partial charge is 0.505 e. The SMILES string of the molecule is Br.COCCC1CN(CC(=O)c2cc(N3CCC(OCC(=O)O)C3)c(O)c(C(C)(C)C)c2)C(=N)C1c1ccccc1. The lowest BCUT2D eigenvalue weighted by Crippen LogP contribution is -2.32. The Bertz CT molecular complexity index is 1230. The van der Waals surface area contributed by atoms with E-state index in [4.69, 9.17) is 20.0 Å². The lowest BCUT2D eigenvalue weighted by molar-refractivity contribution is -0.143. The number of amidine groups is 1. The number of carboxylic acid groups (broad SMARTS) is 1. The van der Waals surface area contributed by atoms with Gasteiger partial charge in [0.2, 0.25) is 0 Å². The third kappa shape index (κ3) is 7.67. The van der Waals surface area contributed by atoms with Crippen LogP contribution in [0.1, 0.15) is 61.0 Å². The molecule has 2 aliphatic rings. The first-order chi connectivity index (χ1) is 19.0. The molecule has 3 unspecified atom stereocenters. The number of hydrogen-bond acceptors (Lipinski definition) is 7. The standard InChI is InChI=1S/C31H41N3O6.BrH/c1-31(2,3)24-14-22(15-25(29(24)38)33-12-10-23(17-33)40-19-27(36)37)26(35)18-34-16-21(11-13-39-4)28(30(34)32)20-8-6-5-7-9-20;/h5-9,14-15,21,23,28,32,38H,10-13,16-19H2,1-4H3,(H,36,37);1H. The number of hydrogen-bond donors (Lipinski definition) is 3. The Kier molecular flexibility index (Phi) is 11.0. The average molecular weight is 633 g/mol. The molecule has 0 radical (unpaired) electrons. The Morgan fingerprint density at radius 3 is 2.46 bits per heavy atom. The minimum Gasteiger partial charge on any atom is -0.505 e. The van der Waals surface area contributed by atoms with Crippen LogP contribution >= 0.6 is 17.0 Å². The maximum absolute atomic E-state index is 13.8. The number of halogens is 1. The number of ketones is 1. The van der Waals surface area contributed by atoms with Crippen LogP contribution in [-0.4, -0.2) is 85.3 Å². The number of nitrogens with one attached hydrogen (secondary N) is 1. The monoisotopic (exact) mass is 631 g/mol. The van der Waals surface area contributed by atoms with Crippen LogP contribution in [0.5, 0.6) is 5.75 Å². The third-order valence-electron chi connectivity index (χ3n) is 7.90. The topological polar surface area (TPSA) is 123 Å². The van der Waals surface area contributed by atoms with E-state index in [2.05, 4.69) is 0 Å². The summed E-state index contributed by atoms with van der Waals surface area (Å²) in [5.41, 5.74) is 2.35. The summed E-state index contributed by atoms with van der Waals surface area (Å²) in [7, 11) is 1.68. The summed E-state index contributed by atoms with van der Waals surface area (Å²) in [4.78, 5) is 28.5. The van der Waals surface area contributed by atoms with E-state index < -0.39 is 11.4 Å². The summed E-state index contributed by atoms with van der Waals surface area (Å²) in [6, 6.07) is 13.5. The molecule has 2 saturated heterocycles. The van der Waals surface area contributed by atoms with Crippen molar-refractivity contribution in [2.45, 2.75) is 51.0 Å². The molecule has 2 aromatic rings.